The van der Waals surface area contributed by atoms with Crippen LogP contribution in [-0.4, -0.2) is 71.8 Å². The van der Waals surface area contributed by atoms with Gasteiger partial charge in [0.25, 0.3) is 5.91 Å². The maximum atomic E-state index is 13.0. The molecule has 0 unspecified atom stereocenters. The molecule has 1 aromatic rings. The van der Waals surface area contributed by atoms with Crippen molar-refractivity contribution in [2.75, 3.05) is 39.4 Å². The molecule has 4 rings (SSSR count). The number of piperidine rings is 1. The number of likely N-dealkylation sites (tertiary alicyclic amines) is 1. The molecule has 2 aliphatic heterocycles. The molecule has 3 aliphatic rings. The molecular formula is C20H27N3O4. The van der Waals surface area contributed by atoms with Crippen LogP contribution in [0.25, 0.3) is 0 Å². The molecule has 1 aromatic heterocycles. The van der Waals surface area contributed by atoms with E-state index in [0.717, 1.165) is 29.7 Å². The minimum Gasteiger partial charge on any atom is -0.378 e. The molecule has 3 heterocycles. The maximum absolute atomic E-state index is 13.0. The normalized spacial score (nSPS) is 21.3. The van der Waals surface area contributed by atoms with Crippen LogP contribution in [0.15, 0.2) is 0 Å². The van der Waals surface area contributed by atoms with Crippen molar-refractivity contribution in [3.63, 3.8) is 0 Å². The zero-order valence-electron chi connectivity index (χ0n) is 15.9. The third kappa shape index (κ3) is 3.40. The van der Waals surface area contributed by atoms with Crippen LogP contribution < -0.4 is 0 Å². The van der Waals surface area contributed by atoms with Crippen molar-refractivity contribution < 1.29 is 19.1 Å². The van der Waals surface area contributed by atoms with Gasteiger partial charge in [-0.2, -0.15) is 0 Å². The van der Waals surface area contributed by atoms with Gasteiger partial charge in [0.1, 0.15) is 5.69 Å². The Morgan fingerprint density at radius 3 is 2.41 bits per heavy atom. The van der Waals surface area contributed by atoms with Gasteiger partial charge in [-0.1, -0.05) is 0 Å². The van der Waals surface area contributed by atoms with E-state index in [1.807, 2.05) is 16.7 Å². The Hall–Kier alpha value is -2.15. The highest BCUT2D eigenvalue weighted by Gasteiger charge is 2.33. The molecule has 7 nitrogen and oxygen atoms in total. The summed E-state index contributed by atoms with van der Waals surface area (Å²) in [6.45, 7) is 5.57. The van der Waals surface area contributed by atoms with E-state index in [1.54, 1.807) is 0 Å². The van der Waals surface area contributed by atoms with Gasteiger partial charge in [-0.05, 0) is 38.2 Å². The fourth-order valence-electron chi connectivity index (χ4n) is 4.52. The molecule has 7 heteroatoms. The molecule has 0 radical (unpaired) electrons. The summed E-state index contributed by atoms with van der Waals surface area (Å²) in [4.78, 5) is 44.8. The molecule has 0 atom stereocenters. The zero-order valence-corrected chi connectivity index (χ0v) is 15.9. The zero-order chi connectivity index (χ0) is 19.0. The summed E-state index contributed by atoms with van der Waals surface area (Å²) in [6, 6.07) is 0. The Balaban J connectivity index is 1.40. The van der Waals surface area contributed by atoms with Crippen LogP contribution in [0.1, 0.15) is 57.8 Å². The van der Waals surface area contributed by atoms with Gasteiger partial charge < -0.3 is 19.5 Å². The molecule has 146 valence electrons. The number of fused-ring (bicyclic) bond motifs is 1. The van der Waals surface area contributed by atoms with Crippen LogP contribution in [0.2, 0.25) is 0 Å². The average Bonchev–Trinajstić information content (AvgIpc) is 3.05. The minimum absolute atomic E-state index is 0.00771. The third-order valence-corrected chi connectivity index (χ3v) is 6.11. The first kappa shape index (κ1) is 18.2. The lowest BCUT2D eigenvalue weighted by molar-refractivity contribution is -0.141. The van der Waals surface area contributed by atoms with Crippen LogP contribution in [0.5, 0.6) is 0 Å². The number of ether oxygens (including phenoxy) is 1. The molecule has 1 aliphatic carbocycles. The number of aryl methyl sites for hydroxylation is 1. The van der Waals surface area contributed by atoms with Crippen molar-refractivity contribution in [3.05, 3.63) is 22.5 Å². The highest BCUT2D eigenvalue weighted by molar-refractivity contribution is 6.04. The minimum atomic E-state index is -0.0491. The second-order valence-electron chi connectivity index (χ2n) is 7.76. The summed E-state index contributed by atoms with van der Waals surface area (Å²) in [5.41, 5.74) is 2.96. The van der Waals surface area contributed by atoms with Crippen LogP contribution in [-0.2, 0) is 16.0 Å². The average molecular weight is 373 g/mol. The number of carbonyl (C=O) groups excluding carboxylic acids is 3. The van der Waals surface area contributed by atoms with E-state index in [0.29, 0.717) is 64.3 Å². The number of amides is 2. The Bertz CT molecular complexity index is 756. The number of nitrogens with zero attached hydrogens (tertiary/aromatic N) is 2. The topological polar surface area (TPSA) is 82.7 Å². The van der Waals surface area contributed by atoms with Crippen LogP contribution in [0, 0.1) is 12.8 Å². The van der Waals surface area contributed by atoms with Gasteiger partial charge in [0.05, 0.1) is 13.2 Å². The van der Waals surface area contributed by atoms with Gasteiger partial charge in [0.15, 0.2) is 5.78 Å². The molecule has 27 heavy (non-hydrogen) atoms. The van der Waals surface area contributed by atoms with Gasteiger partial charge in [-0.3, -0.25) is 14.4 Å². The fourth-order valence-corrected chi connectivity index (χ4v) is 4.52. The number of rotatable bonds is 2. The van der Waals surface area contributed by atoms with Crippen molar-refractivity contribution in [1.82, 2.24) is 14.8 Å². The lowest BCUT2D eigenvalue weighted by atomic mass is 9.93. The summed E-state index contributed by atoms with van der Waals surface area (Å²) in [5, 5.41) is 0. The lowest BCUT2D eigenvalue weighted by Crippen LogP contribution is -2.47. The monoisotopic (exact) mass is 373 g/mol. The summed E-state index contributed by atoms with van der Waals surface area (Å²) < 4.78 is 5.31. The molecule has 2 saturated heterocycles. The summed E-state index contributed by atoms with van der Waals surface area (Å²) in [6.07, 6.45) is 3.62. The first-order valence-electron chi connectivity index (χ1n) is 9.96. The van der Waals surface area contributed by atoms with E-state index >= 15 is 0 Å². The van der Waals surface area contributed by atoms with Crippen molar-refractivity contribution in [1.29, 1.82) is 0 Å². The first-order valence-corrected chi connectivity index (χ1v) is 9.96. The predicted octanol–water partition coefficient (Wildman–Crippen LogP) is 1.55. The van der Waals surface area contributed by atoms with E-state index in [4.69, 9.17) is 4.74 Å². The number of Topliss-reactive ketones (excluding diaryl/α,β-unsaturated/α-hetero) is 1. The van der Waals surface area contributed by atoms with Gasteiger partial charge in [-0.25, -0.2) is 0 Å². The number of nitrogens with one attached hydrogen (secondary N) is 1. The number of morpholine rings is 1. The molecule has 2 fully saturated rings. The highest BCUT2D eigenvalue weighted by Crippen LogP contribution is 2.28. The number of ketones is 1. The number of aromatic amines is 1. The Morgan fingerprint density at radius 1 is 1.04 bits per heavy atom. The molecule has 0 saturated carbocycles. The van der Waals surface area contributed by atoms with Gasteiger partial charge in [-0.15, -0.1) is 0 Å². The quantitative estimate of drug-likeness (QED) is 0.853. The van der Waals surface area contributed by atoms with Gasteiger partial charge in [0, 0.05) is 49.8 Å². The van der Waals surface area contributed by atoms with E-state index in [-0.39, 0.29) is 23.5 Å². The Morgan fingerprint density at radius 2 is 1.74 bits per heavy atom. The number of carbonyl (C=O) groups is 3. The molecular weight excluding hydrogens is 346 g/mol. The summed E-state index contributed by atoms with van der Waals surface area (Å²) in [5.74, 6) is 0.278. The van der Waals surface area contributed by atoms with Crippen molar-refractivity contribution in [3.8, 4) is 0 Å². The van der Waals surface area contributed by atoms with Crippen LogP contribution in [0.4, 0.5) is 0 Å². The summed E-state index contributed by atoms with van der Waals surface area (Å²) in [7, 11) is 0. The second-order valence-corrected chi connectivity index (χ2v) is 7.76. The SMILES string of the molecule is Cc1c(C(=O)N2CCC(C(=O)N3CCOCC3)CC2)[nH]c2c1C(=O)CCC2. The van der Waals surface area contributed by atoms with Gasteiger partial charge >= 0.3 is 0 Å². The second kappa shape index (κ2) is 7.46. The number of hydrogen-bond donors (Lipinski definition) is 1. The lowest BCUT2D eigenvalue weighted by Gasteiger charge is -2.35. The van der Waals surface area contributed by atoms with E-state index in [2.05, 4.69) is 4.98 Å². The molecule has 0 bridgehead atoms. The predicted molar refractivity (Wildman–Crippen MR) is 98.8 cm³/mol. The molecule has 2 amide bonds. The third-order valence-electron chi connectivity index (χ3n) is 6.11. The molecule has 0 spiro atoms. The van der Waals surface area contributed by atoms with Crippen LogP contribution >= 0.6 is 0 Å². The number of aromatic nitrogens is 1. The van der Waals surface area contributed by atoms with E-state index in [1.165, 1.54) is 0 Å². The van der Waals surface area contributed by atoms with Crippen molar-refractivity contribution in [2.24, 2.45) is 5.92 Å². The summed E-state index contributed by atoms with van der Waals surface area (Å²) >= 11 is 0. The fraction of sp³-hybridized carbons (Fsp3) is 0.650. The van der Waals surface area contributed by atoms with Crippen LogP contribution in [0.3, 0.4) is 0 Å². The van der Waals surface area contributed by atoms with E-state index in [9.17, 15) is 14.4 Å². The highest BCUT2D eigenvalue weighted by atomic mass is 16.5. The Kier molecular flexibility index (Phi) is 5.04. The van der Waals surface area contributed by atoms with Crippen molar-refractivity contribution >= 4 is 17.6 Å². The van der Waals surface area contributed by atoms with E-state index < -0.39 is 0 Å². The van der Waals surface area contributed by atoms with Crippen molar-refractivity contribution in [2.45, 2.75) is 39.0 Å². The Labute approximate surface area is 159 Å². The van der Waals surface area contributed by atoms with Gasteiger partial charge in [0.2, 0.25) is 5.91 Å². The number of hydrogen-bond acceptors (Lipinski definition) is 4. The first-order chi connectivity index (χ1) is 13.1. The smallest absolute Gasteiger partial charge is 0.270 e. The number of H-pyrrole nitrogens is 1. The molecule has 1 N–H and O–H groups in total. The standard InChI is InChI=1S/C20H27N3O4/c1-13-17-15(3-2-4-16(17)24)21-18(13)20(26)22-7-5-14(6-8-22)19(25)23-9-11-27-12-10-23/h14,21H,2-12H2,1H3. The maximum Gasteiger partial charge on any atom is 0.270 e. The largest absolute Gasteiger partial charge is 0.378 e. The molecule has 0 aromatic carbocycles.